The van der Waals surface area contributed by atoms with Crippen molar-refractivity contribution in [2.24, 2.45) is 0 Å². The molecule has 0 N–H and O–H groups in total. The normalized spacial score (nSPS) is 12.0. The predicted molar refractivity (Wildman–Crippen MR) is 189 cm³/mol. The highest BCUT2D eigenvalue weighted by Crippen LogP contribution is 2.37. The van der Waals surface area contributed by atoms with Crippen molar-refractivity contribution < 1.29 is 8.42 Å². The molecule has 0 radical (unpaired) electrons. The molecule has 232 valence electrons. The molecule has 4 rings (SSSR count). The van der Waals surface area contributed by atoms with Gasteiger partial charge in [0.05, 0.1) is 4.90 Å². The van der Waals surface area contributed by atoms with E-state index in [4.69, 9.17) is 0 Å². The molecule has 0 aliphatic carbocycles. The second-order valence-corrected chi connectivity index (χ2v) is 13.4. The molecule has 0 aromatic heterocycles. The average Bonchev–Trinajstić information content (AvgIpc) is 3.04. The summed E-state index contributed by atoms with van der Waals surface area (Å²) in [6.07, 6.45) is 1.94. The van der Waals surface area contributed by atoms with Crippen LogP contribution in [-0.2, 0) is 9.84 Å². The summed E-state index contributed by atoms with van der Waals surface area (Å²) in [5, 5.41) is -0.888. The molecule has 0 heterocycles. The summed E-state index contributed by atoms with van der Waals surface area (Å²) in [7, 11) is 0.186. The fraction of sp³-hybridized carbons (Fsp3) is 0.316. The first kappa shape index (κ1) is 32.9. The van der Waals surface area contributed by atoms with E-state index in [1.54, 1.807) is 12.1 Å². The van der Waals surface area contributed by atoms with E-state index in [9.17, 15) is 8.42 Å². The second kappa shape index (κ2) is 14.6. The average molecular weight is 610 g/mol. The van der Waals surface area contributed by atoms with Gasteiger partial charge in [0.15, 0.2) is 9.84 Å². The van der Waals surface area contributed by atoms with E-state index in [2.05, 4.69) is 86.0 Å². The summed E-state index contributed by atoms with van der Waals surface area (Å²) in [5.41, 5.74) is 7.91. The minimum Gasteiger partial charge on any atom is -0.378 e. The van der Waals surface area contributed by atoms with Crippen molar-refractivity contribution in [3.63, 3.8) is 0 Å². The predicted octanol–water partition coefficient (Wildman–Crippen LogP) is 8.40. The van der Waals surface area contributed by atoms with Crippen molar-refractivity contribution in [2.45, 2.75) is 44.8 Å². The van der Waals surface area contributed by atoms with Crippen LogP contribution in [0.15, 0.2) is 108 Å². The van der Waals surface area contributed by atoms with E-state index >= 15 is 0 Å². The molecule has 6 heteroatoms. The van der Waals surface area contributed by atoms with Crippen LogP contribution in [0.5, 0.6) is 0 Å². The van der Waals surface area contributed by atoms with E-state index < -0.39 is 15.1 Å². The number of hydrogen-bond acceptors (Lipinski definition) is 5. The lowest BCUT2D eigenvalue weighted by Gasteiger charge is -2.23. The van der Waals surface area contributed by atoms with E-state index in [-0.39, 0.29) is 0 Å². The first-order valence-corrected chi connectivity index (χ1v) is 17.2. The molecule has 44 heavy (non-hydrogen) atoms. The molecular weight excluding hydrogens is 563 g/mol. The molecule has 0 saturated carbocycles. The largest absolute Gasteiger partial charge is 0.378 e. The maximum absolute atomic E-state index is 14.4. The van der Waals surface area contributed by atoms with Crippen LogP contribution in [0.25, 0.3) is 5.57 Å². The molecule has 0 aliphatic rings. The Morgan fingerprint density at radius 3 is 1.41 bits per heavy atom. The van der Waals surface area contributed by atoms with Crippen molar-refractivity contribution in [2.75, 3.05) is 55.0 Å². The van der Waals surface area contributed by atoms with Crippen LogP contribution >= 0.6 is 0 Å². The molecule has 0 fully saturated rings. The summed E-state index contributed by atoms with van der Waals surface area (Å²) in [6, 6.07) is 32.0. The lowest BCUT2D eigenvalue weighted by atomic mass is 9.95. The Morgan fingerprint density at radius 1 is 0.614 bits per heavy atom. The lowest BCUT2D eigenvalue weighted by Crippen LogP contribution is -2.21. The Bertz CT molecular complexity index is 1560. The highest BCUT2D eigenvalue weighted by atomic mass is 32.2. The Balaban J connectivity index is 1.94. The summed E-state index contributed by atoms with van der Waals surface area (Å²) < 4.78 is 28.9. The minimum absolute atomic E-state index is 0.314. The Hall–Kier alpha value is -4.03. The smallest absolute Gasteiger partial charge is 0.188 e. The van der Waals surface area contributed by atoms with Crippen LogP contribution in [0, 0.1) is 6.92 Å². The summed E-state index contributed by atoms with van der Waals surface area (Å²) in [4.78, 5) is 6.95. The van der Waals surface area contributed by atoms with Crippen LogP contribution in [0.4, 0.5) is 17.1 Å². The van der Waals surface area contributed by atoms with Crippen molar-refractivity contribution >= 4 is 32.5 Å². The van der Waals surface area contributed by atoms with Gasteiger partial charge in [0.1, 0.15) is 5.25 Å². The van der Waals surface area contributed by atoms with Gasteiger partial charge >= 0.3 is 0 Å². The number of rotatable bonds is 13. The van der Waals surface area contributed by atoms with Crippen molar-refractivity contribution in [1.82, 2.24) is 0 Å². The van der Waals surface area contributed by atoms with Gasteiger partial charge in [0.25, 0.3) is 0 Å². The molecule has 0 bridgehead atoms. The number of sulfone groups is 1. The Kier molecular flexibility index (Phi) is 10.9. The molecular formula is C38H47N3O2S. The minimum atomic E-state index is -3.78. The molecule has 0 saturated heterocycles. The van der Waals surface area contributed by atoms with E-state index in [0.717, 1.165) is 71.1 Å². The van der Waals surface area contributed by atoms with Gasteiger partial charge in [-0.2, -0.15) is 0 Å². The summed E-state index contributed by atoms with van der Waals surface area (Å²) in [5.74, 6) is 0. The van der Waals surface area contributed by atoms with Gasteiger partial charge in [0, 0.05) is 57.3 Å². The van der Waals surface area contributed by atoms with E-state index in [1.165, 1.54) is 0 Å². The van der Waals surface area contributed by atoms with Gasteiger partial charge in [-0.1, -0.05) is 60.2 Å². The van der Waals surface area contributed by atoms with E-state index in [0.29, 0.717) is 4.90 Å². The van der Waals surface area contributed by atoms with E-state index in [1.807, 2.05) is 68.4 Å². The quantitative estimate of drug-likeness (QED) is 0.152. The molecule has 0 amide bonds. The van der Waals surface area contributed by atoms with Gasteiger partial charge < -0.3 is 14.7 Å². The van der Waals surface area contributed by atoms with Crippen LogP contribution in [0.3, 0.4) is 0 Å². The number of hydrogen-bond donors (Lipinski definition) is 0. The molecule has 4 aromatic carbocycles. The van der Waals surface area contributed by atoms with Gasteiger partial charge in [0.2, 0.25) is 0 Å². The Labute approximate surface area is 265 Å². The molecule has 1 atom stereocenters. The monoisotopic (exact) mass is 609 g/mol. The fourth-order valence-corrected chi connectivity index (χ4v) is 7.23. The fourth-order valence-electron chi connectivity index (χ4n) is 5.59. The third-order valence-electron chi connectivity index (χ3n) is 8.35. The van der Waals surface area contributed by atoms with Crippen LogP contribution in [-0.4, -0.2) is 48.7 Å². The standard InChI is InChI=1S/C38H47N3O2S/c1-8-40(9-2)34-22-14-30(15-23-34)37(31-16-24-35(25-17-31)41(10-3)11-4)28-38(32-18-20-33(21-19-32)39(6)7)44(42,43)36-26-12-29(5)13-27-36/h12-28,38H,8-11H2,1-7H3. The topological polar surface area (TPSA) is 43.9 Å². The SMILES string of the molecule is CCN(CC)c1ccc(C(=CC(c2ccc(N(C)C)cc2)S(=O)(=O)c2ccc(C)cc2)c2ccc(N(CC)CC)cc2)cc1. The van der Waals surface area contributed by atoms with Crippen LogP contribution in [0.1, 0.15) is 55.2 Å². The molecule has 4 aromatic rings. The molecule has 0 spiro atoms. The zero-order chi connectivity index (χ0) is 31.9. The first-order chi connectivity index (χ1) is 21.1. The zero-order valence-electron chi connectivity index (χ0n) is 27.3. The zero-order valence-corrected chi connectivity index (χ0v) is 28.1. The van der Waals surface area contributed by atoms with Crippen LogP contribution in [0.2, 0.25) is 0 Å². The third kappa shape index (κ3) is 7.36. The van der Waals surface area contributed by atoms with Gasteiger partial charge in [-0.25, -0.2) is 8.42 Å². The number of benzene rings is 4. The highest BCUT2D eigenvalue weighted by molar-refractivity contribution is 7.91. The Morgan fingerprint density at radius 2 is 1.02 bits per heavy atom. The third-order valence-corrected chi connectivity index (χ3v) is 10.4. The van der Waals surface area contributed by atoms with Crippen molar-refractivity contribution in [1.29, 1.82) is 0 Å². The molecule has 1 unspecified atom stereocenters. The molecule has 5 nitrogen and oxygen atoms in total. The van der Waals surface area contributed by atoms with Crippen LogP contribution < -0.4 is 14.7 Å². The lowest BCUT2D eigenvalue weighted by molar-refractivity contribution is 0.590. The maximum atomic E-state index is 14.4. The maximum Gasteiger partial charge on any atom is 0.188 e. The number of nitrogens with zero attached hydrogens (tertiary/aromatic N) is 3. The number of anilines is 3. The molecule has 0 aliphatic heterocycles. The van der Waals surface area contributed by atoms with Gasteiger partial charge in [-0.15, -0.1) is 0 Å². The van der Waals surface area contributed by atoms with Crippen molar-refractivity contribution in [3.8, 4) is 0 Å². The highest BCUT2D eigenvalue weighted by Gasteiger charge is 2.29. The summed E-state index contributed by atoms with van der Waals surface area (Å²) >= 11 is 0. The van der Waals surface area contributed by atoms with Crippen molar-refractivity contribution in [3.05, 3.63) is 125 Å². The summed E-state index contributed by atoms with van der Waals surface area (Å²) in [6.45, 7) is 14.3. The number of aryl methyl sites for hydroxylation is 1. The van der Waals surface area contributed by atoms with Gasteiger partial charge in [-0.05, 0) is 105 Å². The van der Waals surface area contributed by atoms with Gasteiger partial charge in [-0.3, -0.25) is 0 Å². The second-order valence-electron chi connectivity index (χ2n) is 11.3. The first-order valence-electron chi connectivity index (χ1n) is 15.6.